The van der Waals surface area contributed by atoms with E-state index in [4.69, 9.17) is 5.84 Å². The number of nitrogens with one attached hydrogen (secondary N) is 1. The molecule has 20 heavy (non-hydrogen) atoms. The van der Waals surface area contributed by atoms with Gasteiger partial charge in [-0.15, -0.1) is 0 Å². The van der Waals surface area contributed by atoms with Gasteiger partial charge in [0.05, 0.1) is 0 Å². The summed E-state index contributed by atoms with van der Waals surface area (Å²) in [6.07, 6.45) is 0. The Balaban J connectivity index is 2.67. The molecule has 2 rings (SSSR count). The predicted octanol–water partition coefficient (Wildman–Crippen LogP) is 3.25. The molecular formula is C17H20N2O. The smallest absolute Gasteiger partial charge is 0.265 e. The Kier molecular flexibility index (Phi) is 3.91. The van der Waals surface area contributed by atoms with Crippen LogP contribution in [0, 0.1) is 0 Å². The number of carbonyl (C=O) groups excluding carboxylic acids is 1. The summed E-state index contributed by atoms with van der Waals surface area (Å²) < 4.78 is 0. The fraction of sp³-hybridized carbons (Fsp3) is 0.235. The quantitative estimate of drug-likeness (QED) is 0.499. The van der Waals surface area contributed by atoms with E-state index in [1.165, 1.54) is 5.56 Å². The lowest BCUT2D eigenvalue weighted by Crippen LogP contribution is -2.30. The summed E-state index contributed by atoms with van der Waals surface area (Å²) in [4.78, 5) is 11.9. The molecule has 0 unspecified atom stereocenters. The van der Waals surface area contributed by atoms with Crippen LogP contribution >= 0.6 is 0 Å². The van der Waals surface area contributed by atoms with E-state index in [0.29, 0.717) is 5.56 Å². The van der Waals surface area contributed by atoms with E-state index < -0.39 is 0 Å². The van der Waals surface area contributed by atoms with Gasteiger partial charge >= 0.3 is 0 Å². The summed E-state index contributed by atoms with van der Waals surface area (Å²) in [5.74, 6) is 5.00. The van der Waals surface area contributed by atoms with Crippen LogP contribution in [0.2, 0.25) is 0 Å². The second-order valence-electron chi connectivity index (χ2n) is 5.81. The number of nitrogen functional groups attached to an aromatic ring is 1. The number of benzene rings is 2. The fourth-order valence-electron chi connectivity index (χ4n) is 2.37. The summed E-state index contributed by atoms with van der Waals surface area (Å²) in [6, 6.07) is 15.7. The molecule has 0 bridgehead atoms. The van der Waals surface area contributed by atoms with Crippen molar-refractivity contribution < 1.29 is 4.79 Å². The number of rotatable bonds is 2. The highest BCUT2D eigenvalue weighted by Gasteiger charge is 2.20. The van der Waals surface area contributed by atoms with E-state index in [2.05, 4.69) is 32.3 Å². The Morgan fingerprint density at radius 2 is 1.50 bits per heavy atom. The number of hydrogen-bond donors (Lipinski definition) is 2. The Labute approximate surface area is 119 Å². The second-order valence-corrected chi connectivity index (χ2v) is 5.81. The highest BCUT2D eigenvalue weighted by atomic mass is 16.2. The zero-order valence-electron chi connectivity index (χ0n) is 12.1. The van der Waals surface area contributed by atoms with Crippen LogP contribution in [0.1, 0.15) is 36.7 Å². The van der Waals surface area contributed by atoms with Gasteiger partial charge in [0, 0.05) is 5.56 Å². The third kappa shape index (κ3) is 2.73. The first-order valence-corrected chi connectivity index (χ1v) is 6.65. The molecular weight excluding hydrogens is 248 g/mol. The molecule has 0 saturated heterocycles. The highest BCUT2D eigenvalue weighted by molar-refractivity contribution is 6.01. The first kappa shape index (κ1) is 14.3. The molecule has 3 nitrogen and oxygen atoms in total. The van der Waals surface area contributed by atoms with Gasteiger partial charge in [-0.3, -0.25) is 10.2 Å². The van der Waals surface area contributed by atoms with Gasteiger partial charge in [0.2, 0.25) is 0 Å². The van der Waals surface area contributed by atoms with Crippen LogP contribution in [-0.4, -0.2) is 5.91 Å². The van der Waals surface area contributed by atoms with Crippen molar-refractivity contribution in [1.29, 1.82) is 0 Å². The molecule has 3 N–H and O–H groups in total. The predicted molar refractivity (Wildman–Crippen MR) is 82.2 cm³/mol. The standard InChI is InChI=1S/C17H20N2O/c1-17(2,3)15-11-7-6-9-13(15)12-8-4-5-10-14(12)16(20)19-18/h4-11H,18H2,1-3H3,(H,19,20). The monoisotopic (exact) mass is 268 g/mol. The minimum absolute atomic E-state index is 0.00287. The summed E-state index contributed by atoms with van der Waals surface area (Å²) in [6.45, 7) is 6.49. The van der Waals surface area contributed by atoms with E-state index in [1.807, 2.05) is 36.4 Å². The van der Waals surface area contributed by atoms with Crippen molar-refractivity contribution in [2.45, 2.75) is 26.2 Å². The van der Waals surface area contributed by atoms with Gasteiger partial charge in [0.1, 0.15) is 0 Å². The van der Waals surface area contributed by atoms with Crippen LogP contribution < -0.4 is 11.3 Å². The Morgan fingerprint density at radius 3 is 2.10 bits per heavy atom. The number of nitrogens with two attached hydrogens (primary N) is 1. The van der Waals surface area contributed by atoms with Crippen molar-refractivity contribution in [2.75, 3.05) is 0 Å². The lowest BCUT2D eigenvalue weighted by molar-refractivity contribution is 0.0954. The molecule has 0 radical (unpaired) electrons. The average Bonchev–Trinajstić information content (AvgIpc) is 2.45. The van der Waals surface area contributed by atoms with Crippen LogP contribution in [0.3, 0.4) is 0 Å². The lowest BCUT2D eigenvalue weighted by Gasteiger charge is -2.23. The molecule has 3 heteroatoms. The number of amides is 1. The molecule has 0 aliphatic heterocycles. The van der Waals surface area contributed by atoms with E-state index in [0.717, 1.165) is 11.1 Å². The van der Waals surface area contributed by atoms with Crippen molar-refractivity contribution in [1.82, 2.24) is 5.43 Å². The summed E-state index contributed by atoms with van der Waals surface area (Å²) >= 11 is 0. The third-order valence-electron chi connectivity index (χ3n) is 3.33. The van der Waals surface area contributed by atoms with Crippen molar-refractivity contribution in [3.63, 3.8) is 0 Å². The van der Waals surface area contributed by atoms with E-state index in [-0.39, 0.29) is 11.3 Å². The normalized spacial score (nSPS) is 11.2. The van der Waals surface area contributed by atoms with Gasteiger partial charge in [-0.25, -0.2) is 5.84 Å². The summed E-state index contributed by atoms with van der Waals surface area (Å²) in [7, 11) is 0. The molecule has 0 saturated carbocycles. The largest absolute Gasteiger partial charge is 0.290 e. The maximum atomic E-state index is 11.9. The van der Waals surface area contributed by atoms with Crippen LogP contribution in [-0.2, 0) is 5.41 Å². The van der Waals surface area contributed by atoms with E-state index in [1.54, 1.807) is 6.07 Å². The van der Waals surface area contributed by atoms with Crippen LogP contribution in [0.5, 0.6) is 0 Å². The van der Waals surface area contributed by atoms with Gasteiger partial charge in [0.25, 0.3) is 5.91 Å². The van der Waals surface area contributed by atoms with Crippen molar-refractivity contribution in [3.8, 4) is 11.1 Å². The van der Waals surface area contributed by atoms with Gasteiger partial charge in [0.15, 0.2) is 0 Å². The molecule has 2 aromatic carbocycles. The molecule has 0 heterocycles. The molecule has 104 valence electrons. The van der Waals surface area contributed by atoms with E-state index in [9.17, 15) is 4.79 Å². The van der Waals surface area contributed by atoms with Crippen LogP contribution in [0.15, 0.2) is 48.5 Å². The molecule has 0 aliphatic carbocycles. The summed E-state index contributed by atoms with van der Waals surface area (Å²) in [5.41, 5.74) is 5.98. The van der Waals surface area contributed by atoms with Gasteiger partial charge < -0.3 is 0 Å². The Hall–Kier alpha value is -2.13. The van der Waals surface area contributed by atoms with Crippen LogP contribution in [0.4, 0.5) is 0 Å². The Bertz CT molecular complexity index is 627. The third-order valence-corrected chi connectivity index (χ3v) is 3.33. The van der Waals surface area contributed by atoms with Crippen LogP contribution in [0.25, 0.3) is 11.1 Å². The molecule has 0 spiro atoms. The first-order chi connectivity index (χ1) is 9.45. The number of carbonyl (C=O) groups is 1. The molecule has 0 fully saturated rings. The maximum Gasteiger partial charge on any atom is 0.265 e. The zero-order chi connectivity index (χ0) is 14.8. The number of hydrazine groups is 1. The minimum Gasteiger partial charge on any atom is -0.290 e. The fourth-order valence-corrected chi connectivity index (χ4v) is 2.37. The minimum atomic E-state index is -0.274. The van der Waals surface area contributed by atoms with Crippen molar-refractivity contribution >= 4 is 5.91 Å². The Morgan fingerprint density at radius 1 is 0.950 bits per heavy atom. The zero-order valence-corrected chi connectivity index (χ0v) is 12.1. The highest BCUT2D eigenvalue weighted by Crippen LogP contribution is 2.34. The topological polar surface area (TPSA) is 55.1 Å². The lowest BCUT2D eigenvalue weighted by atomic mass is 9.81. The molecule has 0 atom stereocenters. The second kappa shape index (κ2) is 5.47. The first-order valence-electron chi connectivity index (χ1n) is 6.65. The molecule has 1 amide bonds. The molecule has 0 aromatic heterocycles. The van der Waals surface area contributed by atoms with Gasteiger partial charge in [-0.05, 0) is 28.2 Å². The van der Waals surface area contributed by atoms with Gasteiger partial charge in [-0.2, -0.15) is 0 Å². The van der Waals surface area contributed by atoms with Gasteiger partial charge in [-0.1, -0.05) is 63.2 Å². The molecule has 2 aromatic rings. The maximum absolute atomic E-state index is 11.9. The SMILES string of the molecule is CC(C)(C)c1ccccc1-c1ccccc1C(=O)NN. The van der Waals surface area contributed by atoms with Crippen molar-refractivity contribution in [3.05, 3.63) is 59.7 Å². The summed E-state index contributed by atoms with van der Waals surface area (Å²) in [5, 5.41) is 0. The average molecular weight is 268 g/mol. The molecule has 0 aliphatic rings. The van der Waals surface area contributed by atoms with E-state index >= 15 is 0 Å². The number of hydrogen-bond acceptors (Lipinski definition) is 2. The van der Waals surface area contributed by atoms with Crippen molar-refractivity contribution in [2.24, 2.45) is 5.84 Å².